The van der Waals surface area contributed by atoms with Gasteiger partial charge in [0.05, 0.1) is 5.56 Å². The summed E-state index contributed by atoms with van der Waals surface area (Å²) in [6.45, 7) is 1.14. The zero-order chi connectivity index (χ0) is 16.1. The lowest BCUT2D eigenvalue weighted by Crippen LogP contribution is -2.29. The molecule has 1 saturated carbocycles. The Labute approximate surface area is 136 Å². The van der Waals surface area contributed by atoms with Crippen molar-refractivity contribution in [3.8, 4) is 0 Å². The molecule has 0 unspecified atom stereocenters. The number of carbonyl (C=O) groups excluding carboxylic acids is 2. The number of nitrogens with zero attached hydrogens (tertiary/aromatic N) is 3. The summed E-state index contributed by atoms with van der Waals surface area (Å²) in [6.07, 6.45) is 3.49. The second kappa shape index (κ2) is 7.14. The van der Waals surface area contributed by atoms with Crippen molar-refractivity contribution in [2.24, 2.45) is 5.92 Å². The summed E-state index contributed by atoms with van der Waals surface area (Å²) in [5.74, 6) is 0.720. The molecule has 1 aliphatic carbocycles. The Hall–Kier alpha value is -2.55. The number of rotatable bonds is 7. The van der Waals surface area contributed by atoms with Crippen LogP contribution in [0.2, 0.25) is 0 Å². The van der Waals surface area contributed by atoms with Gasteiger partial charge in [0.1, 0.15) is 11.3 Å². The zero-order valence-corrected chi connectivity index (χ0v) is 13.1. The highest BCUT2D eigenvalue weighted by Gasteiger charge is 2.28. The summed E-state index contributed by atoms with van der Waals surface area (Å²) in [5.41, 5.74) is 1.98. The van der Waals surface area contributed by atoms with Crippen molar-refractivity contribution < 1.29 is 9.59 Å². The van der Waals surface area contributed by atoms with Crippen molar-refractivity contribution in [3.05, 3.63) is 29.4 Å². The molecule has 0 spiro atoms. The summed E-state index contributed by atoms with van der Waals surface area (Å²) in [5, 5.41) is 16.4. The third-order valence-electron chi connectivity index (χ3n) is 3.28. The summed E-state index contributed by atoms with van der Waals surface area (Å²) < 4.78 is 0. The van der Waals surface area contributed by atoms with E-state index in [-0.39, 0.29) is 17.7 Å². The van der Waals surface area contributed by atoms with Gasteiger partial charge in [0.25, 0.3) is 5.91 Å². The minimum absolute atomic E-state index is 0.128. The predicted octanol–water partition coefficient (Wildman–Crippen LogP) is 1.12. The van der Waals surface area contributed by atoms with Gasteiger partial charge in [0, 0.05) is 25.2 Å². The highest BCUT2D eigenvalue weighted by Crippen LogP contribution is 2.28. The maximum Gasteiger partial charge on any atom is 0.259 e. The average Bonchev–Trinajstić information content (AvgIpc) is 3.30. The average molecular weight is 332 g/mol. The van der Waals surface area contributed by atoms with Crippen LogP contribution in [0, 0.1) is 5.92 Å². The molecule has 3 rings (SSSR count). The molecule has 0 atom stereocenters. The number of anilines is 2. The number of nitrogens with one attached hydrogen (secondary N) is 3. The molecule has 23 heavy (non-hydrogen) atoms. The SMILES string of the molecule is O=C(Nc1nncs1)c1ccc(NCCNC(=O)C2CC2)nc1. The highest BCUT2D eigenvalue weighted by atomic mass is 32.1. The van der Waals surface area contributed by atoms with E-state index in [2.05, 4.69) is 31.1 Å². The molecule has 0 saturated heterocycles. The fourth-order valence-corrected chi connectivity index (χ4v) is 2.34. The van der Waals surface area contributed by atoms with Gasteiger partial charge in [-0.2, -0.15) is 0 Å². The van der Waals surface area contributed by atoms with Gasteiger partial charge in [0.2, 0.25) is 11.0 Å². The van der Waals surface area contributed by atoms with E-state index in [1.807, 2.05) is 0 Å². The van der Waals surface area contributed by atoms with Gasteiger partial charge in [-0.05, 0) is 25.0 Å². The van der Waals surface area contributed by atoms with Crippen LogP contribution in [0.25, 0.3) is 0 Å². The molecule has 0 radical (unpaired) electrons. The summed E-state index contributed by atoms with van der Waals surface area (Å²) in [6, 6.07) is 3.40. The van der Waals surface area contributed by atoms with Crippen molar-refractivity contribution in [1.82, 2.24) is 20.5 Å². The first-order valence-electron chi connectivity index (χ1n) is 7.27. The quantitative estimate of drug-likeness (QED) is 0.656. The van der Waals surface area contributed by atoms with Crippen LogP contribution in [0.3, 0.4) is 0 Å². The lowest BCUT2D eigenvalue weighted by Gasteiger charge is -2.07. The van der Waals surface area contributed by atoms with Crippen LogP contribution < -0.4 is 16.0 Å². The molecule has 120 valence electrons. The Morgan fingerprint density at radius 1 is 1.26 bits per heavy atom. The number of hydrogen-bond acceptors (Lipinski definition) is 7. The molecule has 9 heteroatoms. The zero-order valence-electron chi connectivity index (χ0n) is 12.3. The first-order valence-corrected chi connectivity index (χ1v) is 8.15. The van der Waals surface area contributed by atoms with E-state index in [1.54, 1.807) is 17.6 Å². The smallest absolute Gasteiger partial charge is 0.259 e. The van der Waals surface area contributed by atoms with Gasteiger partial charge in [0.15, 0.2) is 0 Å². The van der Waals surface area contributed by atoms with Crippen LogP contribution in [0.15, 0.2) is 23.8 Å². The molecule has 0 bridgehead atoms. The number of carbonyl (C=O) groups is 2. The standard InChI is InChI=1S/C14H16N6O2S/c21-12(9-1-2-9)16-6-5-15-11-4-3-10(7-17-11)13(22)19-14-20-18-8-23-14/h3-4,7-9H,1-2,5-6H2,(H,15,17)(H,16,21)(H,19,20,22). The molecule has 1 aliphatic rings. The Kier molecular flexibility index (Phi) is 4.77. The first-order chi connectivity index (χ1) is 11.2. The topological polar surface area (TPSA) is 109 Å². The Morgan fingerprint density at radius 3 is 2.78 bits per heavy atom. The molecule has 1 fully saturated rings. The maximum atomic E-state index is 11.9. The largest absolute Gasteiger partial charge is 0.368 e. The normalized spacial score (nSPS) is 13.4. The van der Waals surface area contributed by atoms with Crippen molar-refractivity contribution in [1.29, 1.82) is 0 Å². The van der Waals surface area contributed by atoms with Gasteiger partial charge >= 0.3 is 0 Å². The third-order valence-corrected chi connectivity index (χ3v) is 3.89. The fourth-order valence-electron chi connectivity index (χ4n) is 1.90. The van der Waals surface area contributed by atoms with E-state index >= 15 is 0 Å². The van der Waals surface area contributed by atoms with E-state index in [1.165, 1.54) is 17.5 Å². The molecule has 8 nitrogen and oxygen atoms in total. The molecule has 0 aromatic carbocycles. The second-order valence-electron chi connectivity index (χ2n) is 5.12. The van der Waals surface area contributed by atoms with E-state index in [0.29, 0.717) is 29.6 Å². The summed E-state index contributed by atoms with van der Waals surface area (Å²) >= 11 is 1.25. The van der Waals surface area contributed by atoms with Crippen LogP contribution in [-0.2, 0) is 4.79 Å². The highest BCUT2D eigenvalue weighted by molar-refractivity contribution is 7.13. The van der Waals surface area contributed by atoms with Crippen LogP contribution in [0.1, 0.15) is 23.2 Å². The number of amides is 2. The second-order valence-corrected chi connectivity index (χ2v) is 5.96. The lowest BCUT2D eigenvalue weighted by molar-refractivity contribution is -0.122. The van der Waals surface area contributed by atoms with Gasteiger partial charge in [-0.3, -0.25) is 14.9 Å². The van der Waals surface area contributed by atoms with Gasteiger partial charge in [-0.1, -0.05) is 11.3 Å². The molecule has 2 aromatic heterocycles. The number of hydrogen-bond donors (Lipinski definition) is 3. The number of aromatic nitrogens is 3. The predicted molar refractivity (Wildman–Crippen MR) is 86.3 cm³/mol. The molecule has 2 heterocycles. The minimum atomic E-state index is -0.280. The van der Waals surface area contributed by atoms with Crippen LogP contribution in [-0.4, -0.2) is 40.1 Å². The monoisotopic (exact) mass is 332 g/mol. The van der Waals surface area contributed by atoms with E-state index in [9.17, 15) is 9.59 Å². The third kappa shape index (κ3) is 4.46. The Balaban J connectivity index is 1.43. The maximum absolute atomic E-state index is 11.9. The van der Waals surface area contributed by atoms with E-state index < -0.39 is 0 Å². The van der Waals surface area contributed by atoms with Crippen LogP contribution in [0.4, 0.5) is 10.9 Å². The Bertz CT molecular complexity index is 669. The summed E-state index contributed by atoms with van der Waals surface area (Å²) in [4.78, 5) is 27.6. The molecule has 0 aliphatic heterocycles. The minimum Gasteiger partial charge on any atom is -0.368 e. The summed E-state index contributed by atoms with van der Waals surface area (Å²) in [7, 11) is 0. The molecule has 2 amide bonds. The molecular weight excluding hydrogens is 316 g/mol. The Morgan fingerprint density at radius 2 is 2.13 bits per heavy atom. The molecule has 2 aromatic rings. The molecular formula is C14H16N6O2S. The van der Waals surface area contributed by atoms with Gasteiger partial charge in [-0.25, -0.2) is 4.98 Å². The van der Waals surface area contributed by atoms with E-state index in [0.717, 1.165) is 12.8 Å². The van der Waals surface area contributed by atoms with Gasteiger partial charge in [-0.15, -0.1) is 10.2 Å². The number of pyridine rings is 1. The van der Waals surface area contributed by atoms with Crippen LogP contribution >= 0.6 is 11.3 Å². The van der Waals surface area contributed by atoms with Gasteiger partial charge < -0.3 is 10.6 Å². The van der Waals surface area contributed by atoms with Crippen molar-refractivity contribution in [2.45, 2.75) is 12.8 Å². The lowest BCUT2D eigenvalue weighted by atomic mass is 10.2. The first kappa shape index (κ1) is 15.3. The van der Waals surface area contributed by atoms with Crippen molar-refractivity contribution in [3.63, 3.8) is 0 Å². The molecule has 3 N–H and O–H groups in total. The van der Waals surface area contributed by atoms with Crippen LogP contribution in [0.5, 0.6) is 0 Å². The van der Waals surface area contributed by atoms with Crippen molar-refractivity contribution in [2.75, 3.05) is 23.7 Å². The van der Waals surface area contributed by atoms with Crippen molar-refractivity contribution >= 4 is 34.1 Å². The fraction of sp³-hybridized carbons (Fsp3) is 0.357. The van der Waals surface area contributed by atoms with E-state index in [4.69, 9.17) is 0 Å².